The van der Waals surface area contributed by atoms with Crippen molar-refractivity contribution in [2.75, 3.05) is 0 Å². The van der Waals surface area contributed by atoms with Gasteiger partial charge in [0.2, 0.25) is 0 Å². The highest BCUT2D eigenvalue weighted by atomic mass is 15.1. The standard InChI is InChI=1S/C14H25N3/c15-13(11-7-3-1-4-8-11)17-14(16)12-9-5-2-6-10-12/h1,3-4,7,11-14,17H,2,5-6,8-10,15-16H2. The zero-order valence-corrected chi connectivity index (χ0v) is 10.5. The normalized spacial score (nSPS) is 29.2. The van der Waals surface area contributed by atoms with Gasteiger partial charge < -0.3 is 11.5 Å². The fraction of sp³-hybridized carbons (Fsp3) is 0.714. The zero-order valence-electron chi connectivity index (χ0n) is 10.5. The Labute approximate surface area is 104 Å². The van der Waals surface area contributed by atoms with Gasteiger partial charge in [-0.15, -0.1) is 0 Å². The Bertz CT molecular complexity index is 279. The van der Waals surface area contributed by atoms with E-state index < -0.39 is 0 Å². The van der Waals surface area contributed by atoms with Crippen LogP contribution in [-0.2, 0) is 0 Å². The molecule has 1 fully saturated rings. The quantitative estimate of drug-likeness (QED) is 0.652. The van der Waals surface area contributed by atoms with Crippen molar-refractivity contribution < 1.29 is 0 Å². The number of nitrogens with two attached hydrogens (primary N) is 2. The molecule has 17 heavy (non-hydrogen) atoms. The van der Waals surface area contributed by atoms with Gasteiger partial charge in [-0.2, -0.15) is 0 Å². The number of hydrogen-bond donors (Lipinski definition) is 3. The average Bonchev–Trinajstić information content (AvgIpc) is 2.40. The maximum atomic E-state index is 6.22. The van der Waals surface area contributed by atoms with E-state index in [-0.39, 0.29) is 12.3 Å². The van der Waals surface area contributed by atoms with Crippen LogP contribution in [0.5, 0.6) is 0 Å². The summed E-state index contributed by atoms with van der Waals surface area (Å²) in [5.41, 5.74) is 12.4. The lowest BCUT2D eigenvalue weighted by Gasteiger charge is -2.32. The van der Waals surface area contributed by atoms with Crippen LogP contribution in [0.4, 0.5) is 0 Å². The van der Waals surface area contributed by atoms with Gasteiger partial charge in [0.15, 0.2) is 0 Å². The molecule has 2 rings (SSSR count). The molecule has 2 aliphatic carbocycles. The second-order valence-electron chi connectivity index (χ2n) is 5.33. The minimum Gasteiger partial charge on any atom is -0.316 e. The van der Waals surface area contributed by atoms with Crippen LogP contribution in [0.2, 0.25) is 0 Å². The summed E-state index contributed by atoms with van der Waals surface area (Å²) in [5.74, 6) is 0.993. The molecule has 0 bridgehead atoms. The van der Waals surface area contributed by atoms with Gasteiger partial charge in [-0.25, -0.2) is 0 Å². The predicted molar refractivity (Wildman–Crippen MR) is 72.0 cm³/mol. The summed E-state index contributed by atoms with van der Waals surface area (Å²) in [6.45, 7) is 0. The SMILES string of the molecule is NC(NC(N)C1CCCCC1)C1C=CC=CC1. The molecule has 0 heterocycles. The van der Waals surface area contributed by atoms with Gasteiger partial charge in [0.25, 0.3) is 0 Å². The van der Waals surface area contributed by atoms with E-state index in [4.69, 9.17) is 11.5 Å². The average molecular weight is 235 g/mol. The van der Waals surface area contributed by atoms with Gasteiger partial charge in [0.05, 0.1) is 12.3 Å². The highest BCUT2D eigenvalue weighted by Gasteiger charge is 2.24. The van der Waals surface area contributed by atoms with Gasteiger partial charge in [-0.3, -0.25) is 5.32 Å². The molecule has 3 unspecified atom stereocenters. The van der Waals surface area contributed by atoms with Crippen molar-refractivity contribution in [3.05, 3.63) is 24.3 Å². The van der Waals surface area contributed by atoms with Crippen LogP contribution in [0.15, 0.2) is 24.3 Å². The van der Waals surface area contributed by atoms with Crippen LogP contribution < -0.4 is 16.8 Å². The van der Waals surface area contributed by atoms with Crippen LogP contribution in [0.1, 0.15) is 38.5 Å². The number of allylic oxidation sites excluding steroid dienone is 3. The molecule has 2 aliphatic rings. The molecule has 5 N–H and O–H groups in total. The lowest BCUT2D eigenvalue weighted by atomic mass is 9.86. The van der Waals surface area contributed by atoms with Crippen molar-refractivity contribution in [2.24, 2.45) is 23.3 Å². The molecule has 1 saturated carbocycles. The molecule has 0 amide bonds. The van der Waals surface area contributed by atoms with Crippen molar-refractivity contribution in [3.63, 3.8) is 0 Å². The van der Waals surface area contributed by atoms with Crippen molar-refractivity contribution in [2.45, 2.75) is 50.9 Å². The molecule has 0 aromatic rings. The summed E-state index contributed by atoms with van der Waals surface area (Å²) in [4.78, 5) is 0. The highest BCUT2D eigenvalue weighted by Crippen LogP contribution is 2.25. The lowest BCUT2D eigenvalue weighted by molar-refractivity contribution is 0.241. The van der Waals surface area contributed by atoms with Crippen LogP contribution in [0.3, 0.4) is 0 Å². The van der Waals surface area contributed by atoms with Crippen LogP contribution in [0, 0.1) is 11.8 Å². The summed E-state index contributed by atoms with van der Waals surface area (Å²) in [6.07, 6.45) is 16.0. The first kappa shape index (κ1) is 12.8. The summed E-state index contributed by atoms with van der Waals surface area (Å²) in [7, 11) is 0. The maximum Gasteiger partial charge on any atom is 0.0625 e. The Balaban J connectivity index is 1.78. The van der Waals surface area contributed by atoms with Gasteiger partial charge in [-0.05, 0) is 25.2 Å². The molecule has 0 aromatic carbocycles. The van der Waals surface area contributed by atoms with E-state index in [0.29, 0.717) is 11.8 Å². The Hall–Kier alpha value is -0.640. The van der Waals surface area contributed by atoms with E-state index in [2.05, 4.69) is 29.6 Å². The molecule has 0 aliphatic heterocycles. The van der Waals surface area contributed by atoms with E-state index in [1.165, 1.54) is 32.1 Å². The van der Waals surface area contributed by atoms with E-state index in [0.717, 1.165) is 6.42 Å². The first-order valence-electron chi connectivity index (χ1n) is 6.88. The number of hydrogen-bond acceptors (Lipinski definition) is 3. The predicted octanol–water partition coefficient (Wildman–Crippen LogP) is 1.86. The third kappa shape index (κ3) is 3.66. The largest absolute Gasteiger partial charge is 0.316 e. The molecule has 96 valence electrons. The third-order valence-corrected chi connectivity index (χ3v) is 4.02. The van der Waals surface area contributed by atoms with Gasteiger partial charge in [0.1, 0.15) is 0 Å². The lowest BCUT2D eigenvalue weighted by Crippen LogP contribution is -2.55. The fourth-order valence-corrected chi connectivity index (χ4v) is 2.84. The Morgan fingerprint density at radius 2 is 1.76 bits per heavy atom. The minimum atomic E-state index is -0.0203. The summed E-state index contributed by atoms with van der Waals surface area (Å²) >= 11 is 0. The van der Waals surface area contributed by atoms with Crippen LogP contribution in [0.25, 0.3) is 0 Å². The minimum absolute atomic E-state index is 0.0203. The van der Waals surface area contributed by atoms with Gasteiger partial charge in [0, 0.05) is 5.92 Å². The molecule has 0 radical (unpaired) electrons. The van der Waals surface area contributed by atoms with E-state index in [1.807, 2.05) is 0 Å². The Kier molecular flexibility index (Phi) is 4.77. The van der Waals surface area contributed by atoms with Crippen LogP contribution in [-0.4, -0.2) is 12.3 Å². The summed E-state index contributed by atoms with van der Waals surface area (Å²) in [6, 6.07) is 0. The monoisotopic (exact) mass is 235 g/mol. The third-order valence-electron chi connectivity index (χ3n) is 4.02. The smallest absolute Gasteiger partial charge is 0.0625 e. The van der Waals surface area contributed by atoms with E-state index in [9.17, 15) is 0 Å². The van der Waals surface area contributed by atoms with Crippen LogP contribution >= 0.6 is 0 Å². The Morgan fingerprint density at radius 3 is 2.41 bits per heavy atom. The first-order valence-corrected chi connectivity index (χ1v) is 6.88. The fourth-order valence-electron chi connectivity index (χ4n) is 2.84. The zero-order chi connectivity index (χ0) is 12.1. The summed E-state index contributed by atoms with van der Waals surface area (Å²) in [5, 5.41) is 3.39. The molecule has 3 atom stereocenters. The molecule has 0 spiro atoms. The van der Waals surface area contributed by atoms with Crippen molar-refractivity contribution in [1.29, 1.82) is 0 Å². The Morgan fingerprint density at radius 1 is 1.00 bits per heavy atom. The molecular weight excluding hydrogens is 210 g/mol. The summed E-state index contributed by atoms with van der Waals surface area (Å²) < 4.78 is 0. The van der Waals surface area contributed by atoms with E-state index in [1.54, 1.807) is 0 Å². The second-order valence-corrected chi connectivity index (χ2v) is 5.33. The maximum absolute atomic E-state index is 6.22. The second kappa shape index (κ2) is 6.34. The highest BCUT2D eigenvalue weighted by molar-refractivity contribution is 5.12. The van der Waals surface area contributed by atoms with Crippen molar-refractivity contribution >= 4 is 0 Å². The van der Waals surface area contributed by atoms with E-state index >= 15 is 0 Å². The molecule has 3 nitrogen and oxygen atoms in total. The van der Waals surface area contributed by atoms with Crippen molar-refractivity contribution in [3.8, 4) is 0 Å². The van der Waals surface area contributed by atoms with Gasteiger partial charge in [-0.1, -0.05) is 43.6 Å². The topological polar surface area (TPSA) is 64.1 Å². The molecular formula is C14H25N3. The molecule has 0 saturated heterocycles. The first-order chi connectivity index (χ1) is 8.27. The number of nitrogens with one attached hydrogen (secondary N) is 1. The number of rotatable bonds is 4. The van der Waals surface area contributed by atoms with Crippen molar-refractivity contribution in [1.82, 2.24) is 5.32 Å². The molecule has 3 heteroatoms. The molecule has 0 aromatic heterocycles. The van der Waals surface area contributed by atoms with Gasteiger partial charge >= 0.3 is 0 Å².